The fourth-order valence-electron chi connectivity index (χ4n) is 8.25. The number of aliphatic hydroxyl groups is 2. The van der Waals surface area contributed by atoms with Crippen LogP contribution >= 0.6 is 0 Å². The van der Waals surface area contributed by atoms with Crippen molar-refractivity contribution in [3.05, 3.63) is 23.3 Å². The summed E-state index contributed by atoms with van der Waals surface area (Å²) < 4.78 is 17.4. The number of carbonyl (C=O) groups excluding carboxylic acids is 2. The first-order valence-electron chi connectivity index (χ1n) is 16.2. The summed E-state index contributed by atoms with van der Waals surface area (Å²) in [6.45, 7) is 3.60. The Morgan fingerprint density at radius 1 is 1.05 bits per heavy atom. The van der Waals surface area contributed by atoms with E-state index >= 15 is 0 Å². The molecule has 3 fully saturated rings. The first kappa shape index (κ1) is 28.9. The zero-order chi connectivity index (χ0) is 28.7. The SMILES string of the molecule is CCCCCCCCCCCC(=O)OCOc1ccc2c3c1O[C@@]1(O)C(=O)CC[C@@]4(O)C(C2)N(CC2CC2)CC[C@]314. The Bertz CT molecular complexity index is 1150. The van der Waals surface area contributed by atoms with Gasteiger partial charge in [0.2, 0.25) is 12.6 Å². The quantitative estimate of drug-likeness (QED) is 0.174. The number of ether oxygens (including phenoxy) is 3. The number of unbranched alkanes of at least 4 members (excludes halogenated alkanes) is 8. The second kappa shape index (κ2) is 11.5. The monoisotopic (exact) mass is 569 g/mol. The van der Waals surface area contributed by atoms with Crippen molar-refractivity contribution in [2.24, 2.45) is 5.92 Å². The van der Waals surface area contributed by atoms with Gasteiger partial charge in [0.1, 0.15) is 5.41 Å². The number of nitrogens with zero attached hydrogens (tertiary/aromatic N) is 1. The first-order valence-corrected chi connectivity index (χ1v) is 16.2. The van der Waals surface area contributed by atoms with Crippen molar-refractivity contribution in [2.45, 2.75) is 133 Å². The van der Waals surface area contributed by atoms with Gasteiger partial charge in [0.25, 0.3) is 5.79 Å². The van der Waals surface area contributed by atoms with Gasteiger partial charge in [-0.15, -0.1) is 0 Å². The number of ketones is 1. The number of esters is 1. The molecule has 8 nitrogen and oxygen atoms in total. The van der Waals surface area contributed by atoms with Crippen molar-refractivity contribution >= 4 is 11.8 Å². The summed E-state index contributed by atoms with van der Waals surface area (Å²) in [4.78, 5) is 28.0. The largest absolute Gasteiger partial charge is 0.453 e. The predicted molar refractivity (Wildman–Crippen MR) is 153 cm³/mol. The van der Waals surface area contributed by atoms with Gasteiger partial charge >= 0.3 is 5.97 Å². The molecule has 4 atom stereocenters. The van der Waals surface area contributed by atoms with Crippen LogP contribution < -0.4 is 9.47 Å². The molecular formula is C33H47NO7. The van der Waals surface area contributed by atoms with E-state index < -0.39 is 16.8 Å². The van der Waals surface area contributed by atoms with Crippen LogP contribution in [0.15, 0.2) is 12.1 Å². The normalized spacial score (nSPS) is 31.5. The van der Waals surface area contributed by atoms with Crippen LogP contribution in [0.2, 0.25) is 0 Å². The highest BCUT2D eigenvalue weighted by Crippen LogP contribution is 2.68. The van der Waals surface area contributed by atoms with E-state index in [1.165, 1.54) is 51.4 Å². The lowest BCUT2D eigenvalue weighted by Gasteiger charge is -2.64. The van der Waals surface area contributed by atoms with Crippen molar-refractivity contribution < 1.29 is 34.0 Å². The van der Waals surface area contributed by atoms with Gasteiger partial charge in [0, 0.05) is 31.0 Å². The summed E-state index contributed by atoms with van der Waals surface area (Å²) in [5.41, 5.74) is -0.816. The second-order valence-corrected chi connectivity index (χ2v) is 13.2. The molecule has 6 rings (SSSR count). The van der Waals surface area contributed by atoms with E-state index in [0.29, 0.717) is 55.2 Å². The summed E-state index contributed by atoms with van der Waals surface area (Å²) in [5, 5.41) is 24.3. The number of likely N-dealkylation sites (tertiary alicyclic amines) is 1. The molecule has 5 aliphatic rings. The molecular weight excluding hydrogens is 522 g/mol. The van der Waals surface area contributed by atoms with Crippen LogP contribution in [-0.2, 0) is 26.2 Å². The Kier molecular flexibility index (Phi) is 8.11. The summed E-state index contributed by atoms with van der Waals surface area (Å²) in [6, 6.07) is 3.56. The van der Waals surface area contributed by atoms with Crippen LogP contribution in [0.3, 0.4) is 0 Å². The van der Waals surface area contributed by atoms with Crippen molar-refractivity contribution in [3.63, 3.8) is 0 Å². The maximum atomic E-state index is 13.3. The van der Waals surface area contributed by atoms with E-state index in [4.69, 9.17) is 14.2 Å². The molecule has 0 amide bonds. The average Bonchev–Trinajstić information content (AvgIpc) is 3.72. The molecule has 2 bridgehead atoms. The van der Waals surface area contributed by atoms with Crippen molar-refractivity contribution in [3.8, 4) is 11.5 Å². The van der Waals surface area contributed by atoms with E-state index in [0.717, 1.165) is 31.4 Å². The third-order valence-corrected chi connectivity index (χ3v) is 10.6. The second-order valence-electron chi connectivity index (χ2n) is 13.2. The molecule has 1 aromatic rings. The Hall–Kier alpha value is -2.16. The van der Waals surface area contributed by atoms with Crippen LogP contribution in [0.5, 0.6) is 11.5 Å². The first-order chi connectivity index (χ1) is 19.8. The van der Waals surface area contributed by atoms with Crippen LogP contribution in [0.25, 0.3) is 0 Å². The molecule has 1 saturated heterocycles. The number of Topliss-reactive ketones (excluding diaryl/α,β-unsaturated/α-hetero) is 1. The lowest BCUT2D eigenvalue weighted by atomic mass is 9.47. The number of carbonyl (C=O) groups is 2. The molecule has 2 aliphatic heterocycles. The summed E-state index contributed by atoms with van der Waals surface area (Å²) in [5.74, 6) is -1.52. The Labute approximate surface area is 243 Å². The predicted octanol–water partition coefficient (Wildman–Crippen LogP) is 4.94. The van der Waals surface area contributed by atoms with E-state index in [1.807, 2.05) is 6.07 Å². The summed E-state index contributed by atoms with van der Waals surface area (Å²) in [6.07, 6.45) is 14.9. The maximum absolute atomic E-state index is 13.3. The van der Waals surface area contributed by atoms with Crippen LogP contribution in [0.4, 0.5) is 0 Å². The fraction of sp³-hybridized carbons (Fsp3) is 0.758. The summed E-state index contributed by atoms with van der Waals surface area (Å²) >= 11 is 0. The van der Waals surface area contributed by atoms with E-state index in [1.54, 1.807) is 6.07 Å². The molecule has 2 heterocycles. The zero-order valence-corrected chi connectivity index (χ0v) is 24.6. The van der Waals surface area contributed by atoms with Gasteiger partial charge in [-0.3, -0.25) is 14.5 Å². The zero-order valence-electron chi connectivity index (χ0n) is 24.6. The van der Waals surface area contributed by atoms with E-state index in [9.17, 15) is 19.8 Å². The molecule has 0 aromatic heterocycles. The minimum atomic E-state index is -2.13. The van der Waals surface area contributed by atoms with Gasteiger partial charge in [-0.1, -0.05) is 64.4 Å². The molecule has 2 N–H and O–H groups in total. The average molecular weight is 570 g/mol. The molecule has 1 spiro atoms. The van der Waals surface area contributed by atoms with Gasteiger partial charge in [-0.25, -0.2) is 0 Å². The van der Waals surface area contributed by atoms with Gasteiger partial charge in [0.05, 0.1) is 5.60 Å². The molecule has 1 aromatic carbocycles. The number of piperidine rings is 1. The molecule has 0 radical (unpaired) electrons. The Balaban J connectivity index is 1.10. The molecule has 8 heteroatoms. The number of hydrogen-bond acceptors (Lipinski definition) is 8. The molecule has 2 saturated carbocycles. The highest BCUT2D eigenvalue weighted by molar-refractivity contribution is 5.92. The van der Waals surface area contributed by atoms with Gasteiger partial charge in [-0.05, 0) is 62.6 Å². The molecule has 41 heavy (non-hydrogen) atoms. The maximum Gasteiger partial charge on any atom is 0.308 e. The lowest BCUT2D eigenvalue weighted by molar-refractivity contribution is -0.267. The minimum absolute atomic E-state index is 0.0680. The molecule has 3 aliphatic carbocycles. The van der Waals surface area contributed by atoms with E-state index in [-0.39, 0.29) is 31.0 Å². The third-order valence-electron chi connectivity index (χ3n) is 10.6. The van der Waals surface area contributed by atoms with Crippen molar-refractivity contribution in [1.29, 1.82) is 0 Å². The van der Waals surface area contributed by atoms with E-state index in [2.05, 4.69) is 11.8 Å². The number of rotatable bonds is 15. The lowest BCUT2D eigenvalue weighted by Crippen LogP contribution is -2.80. The van der Waals surface area contributed by atoms with Crippen molar-refractivity contribution in [1.82, 2.24) is 4.90 Å². The minimum Gasteiger partial charge on any atom is -0.453 e. The Morgan fingerprint density at radius 2 is 1.78 bits per heavy atom. The van der Waals surface area contributed by atoms with Crippen LogP contribution in [0.1, 0.15) is 114 Å². The highest BCUT2D eigenvalue weighted by Gasteiger charge is 2.79. The van der Waals surface area contributed by atoms with Gasteiger partial charge in [-0.2, -0.15) is 0 Å². The van der Waals surface area contributed by atoms with Crippen molar-refractivity contribution in [2.75, 3.05) is 19.9 Å². The van der Waals surface area contributed by atoms with Crippen LogP contribution in [0, 0.1) is 5.92 Å². The van der Waals surface area contributed by atoms with Gasteiger partial charge < -0.3 is 24.4 Å². The third kappa shape index (κ3) is 4.88. The number of benzene rings is 1. The van der Waals surface area contributed by atoms with Gasteiger partial charge in [0.15, 0.2) is 11.5 Å². The molecule has 1 unspecified atom stereocenters. The smallest absolute Gasteiger partial charge is 0.308 e. The topological polar surface area (TPSA) is 106 Å². The summed E-state index contributed by atoms with van der Waals surface area (Å²) in [7, 11) is 0. The standard InChI is InChI=1S/C33H47NO7/c1-2-3-4-5-6-7-8-9-10-11-28(36)40-22-39-25-15-14-24-20-26-32(37)17-16-27(35)33(38)31(32,29(24)30(25)41-33)18-19-34(26)21-23-12-13-23/h14-15,23,26,37-38H,2-13,16-22H2,1H3/t26?,31-,32-,33+/m1/s1. The van der Waals surface area contributed by atoms with Crippen LogP contribution in [-0.4, -0.2) is 64.2 Å². The Morgan fingerprint density at radius 3 is 2.51 bits per heavy atom. The number of hydrogen-bond donors (Lipinski definition) is 2. The highest BCUT2D eigenvalue weighted by atomic mass is 16.7. The fourth-order valence-corrected chi connectivity index (χ4v) is 8.25. The molecule has 226 valence electrons.